The normalized spacial score (nSPS) is 21.8. The molecule has 1 fully saturated rings. The number of hydrogen-bond donors (Lipinski definition) is 6. The van der Waals surface area contributed by atoms with Gasteiger partial charge >= 0.3 is 19.8 Å². The van der Waals surface area contributed by atoms with Crippen LogP contribution in [0, 0.1) is 0 Å². The van der Waals surface area contributed by atoms with Crippen LogP contribution in [0.1, 0.15) is 219 Å². The average Bonchev–Trinajstić information content (AvgIpc) is 3.26. The summed E-state index contributed by atoms with van der Waals surface area (Å²) in [6.45, 7) is 3.31. The minimum Gasteiger partial charge on any atom is -0.462 e. The smallest absolute Gasteiger partial charge is 0.462 e. The molecule has 0 spiro atoms. The third kappa shape index (κ3) is 31.8. The quantitative estimate of drug-likeness (QED) is 0.0146. The largest absolute Gasteiger partial charge is 0.472 e. The van der Waals surface area contributed by atoms with Crippen LogP contribution in [0.15, 0.2) is 24.3 Å². The number of carbonyl (C=O) groups excluding carboxylic acids is 2. The van der Waals surface area contributed by atoms with E-state index < -0.39 is 75.7 Å². The van der Waals surface area contributed by atoms with Crippen LogP contribution in [-0.2, 0) is 32.7 Å². The first-order valence-electron chi connectivity index (χ1n) is 25.1. The molecule has 6 atom stereocenters. The van der Waals surface area contributed by atoms with Crippen molar-refractivity contribution in [2.45, 2.75) is 262 Å². The fourth-order valence-corrected chi connectivity index (χ4v) is 8.66. The minimum absolute atomic E-state index is 0.0921. The number of phosphoric ester groups is 1. The van der Waals surface area contributed by atoms with Crippen LogP contribution < -0.4 is 0 Å². The van der Waals surface area contributed by atoms with Gasteiger partial charge in [-0.2, -0.15) is 0 Å². The van der Waals surface area contributed by atoms with Crippen molar-refractivity contribution in [3.8, 4) is 0 Å². The maximum atomic E-state index is 12.8. The molecule has 0 aromatic rings. The fourth-order valence-electron chi connectivity index (χ4n) is 7.69. The zero-order valence-electron chi connectivity index (χ0n) is 39.4. The summed E-state index contributed by atoms with van der Waals surface area (Å²) in [5.41, 5.74) is 0. The third-order valence-electron chi connectivity index (χ3n) is 11.8. The van der Waals surface area contributed by atoms with Gasteiger partial charge in [-0.1, -0.05) is 167 Å². The van der Waals surface area contributed by atoms with E-state index in [-0.39, 0.29) is 12.8 Å². The van der Waals surface area contributed by atoms with E-state index in [1.165, 1.54) is 109 Å². The van der Waals surface area contributed by atoms with Gasteiger partial charge < -0.3 is 39.9 Å². The SMILES string of the molecule is CCCCCCCCC/C=C\CCCCCCCCCC(=O)OC(COC(=O)CCCCCCC/C=C\CCCCCCCCC)COP(=O)(O)OC1C(O)C(O)C(O)C(O)C1O. The molecule has 1 aliphatic carbocycles. The molecule has 0 radical (unpaired) electrons. The van der Waals surface area contributed by atoms with Crippen LogP contribution in [0.4, 0.5) is 0 Å². The molecule has 14 heteroatoms. The first kappa shape index (κ1) is 59.3. The van der Waals surface area contributed by atoms with Crippen molar-refractivity contribution < 1.29 is 63.1 Å². The molecule has 63 heavy (non-hydrogen) atoms. The van der Waals surface area contributed by atoms with Crippen molar-refractivity contribution in [2.75, 3.05) is 13.2 Å². The molecule has 370 valence electrons. The Kier molecular flexibility index (Phi) is 37.2. The van der Waals surface area contributed by atoms with E-state index in [9.17, 15) is 44.6 Å². The molecule has 1 aliphatic rings. The summed E-state index contributed by atoms with van der Waals surface area (Å²) >= 11 is 0. The molecule has 1 saturated carbocycles. The van der Waals surface area contributed by atoms with E-state index >= 15 is 0 Å². The van der Waals surface area contributed by atoms with E-state index in [1.54, 1.807) is 0 Å². The second kappa shape index (κ2) is 39.5. The van der Waals surface area contributed by atoms with Crippen LogP contribution in [0.3, 0.4) is 0 Å². The molecule has 6 unspecified atom stereocenters. The summed E-state index contributed by atoms with van der Waals surface area (Å²) < 4.78 is 33.6. The van der Waals surface area contributed by atoms with E-state index in [0.29, 0.717) is 12.8 Å². The fraction of sp³-hybridized carbons (Fsp3) is 0.878. The zero-order valence-corrected chi connectivity index (χ0v) is 40.3. The van der Waals surface area contributed by atoms with Gasteiger partial charge in [0, 0.05) is 12.8 Å². The summed E-state index contributed by atoms with van der Waals surface area (Å²) in [4.78, 5) is 35.8. The molecule has 0 aromatic heterocycles. The van der Waals surface area contributed by atoms with Gasteiger partial charge in [-0.25, -0.2) is 4.57 Å². The van der Waals surface area contributed by atoms with Gasteiger partial charge in [0.2, 0.25) is 0 Å². The Labute approximate surface area is 381 Å². The van der Waals surface area contributed by atoms with Gasteiger partial charge in [-0.15, -0.1) is 0 Å². The van der Waals surface area contributed by atoms with E-state index in [0.717, 1.165) is 70.6 Å². The molecule has 1 rings (SSSR count). The van der Waals surface area contributed by atoms with Gasteiger partial charge in [-0.3, -0.25) is 18.6 Å². The lowest BCUT2D eigenvalue weighted by Gasteiger charge is -2.41. The zero-order chi connectivity index (χ0) is 46.4. The number of allylic oxidation sites excluding steroid dienone is 4. The lowest BCUT2D eigenvalue weighted by atomic mass is 9.85. The van der Waals surface area contributed by atoms with Crippen LogP contribution in [-0.4, -0.2) is 98.3 Å². The Bertz CT molecular complexity index is 1200. The average molecular weight is 919 g/mol. The molecule has 0 aliphatic heterocycles. The van der Waals surface area contributed by atoms with Crippen LogP contribution in [0.25, 0.3) is 0 Å². The topological polar surface area (TPSA) is 210 Å². The van der Waals surface area contributed by atoms with Crippen molar-refractivity contribution in [3.05, 3.63) is 24.3 Å². The third-order valence-corrected chi connectivity index (χ3v) is 12.8. The Morgan fingerprint density at radius 2 is 0.810 bits per heavy atom. The maximum Gasteiger partial charge on any atom is 0.472 e. The number of ether oxygens (including phenoxy) is 2. The predicted molar refractivity (Wildman–Crippen MR) is 249 cm³/mol. The van der Waals surface area contributed by atoms with Crippen molar-refractivity contribution in [1.29, 1.82) is 0 Å². The highest BCUT2D eigenvalue weighted by molar-refractivity contribution is 7.47. The van der Waals surface area contributed by atoms with Crippen LogP contribution in [0.5, 0.6) is 0 Å². The Morgan fingerprint density at radius 1 is 0.476 bits per heavy atom. The highest BCUT2D eigenvalue weighted by Gasteiger charge is 2.51. The van der Waals surface area contributed by atoms with E-state index in [2.05, 4.69) is 38.2 Å². The van der Waals surface area contributed by atoms with Crippen LogP contribution >= 0.6 is 7.82 Å². The Hall–Kier alpha value is -1.67. The summed E-state index contributed by atoms with van der Waals surface area (Å²) in [6, 6.07) is 0. The first-order chi connectivity index (χ1) is 30.4. The minimum atomic E-state index is -5.12. The molecule has 13 nitrogen and oxygen atoms in total. The second-order valence-corrected chi connectivity index (χ2v) is 19.1. The highest BCUT2D eigenvalue weighted by Crippen LogP contribution is 2.47. The monoisotopic (exact) mass is 919 g/mol. The highest BCUT2D eigenvalue weighted by atomic mass is 31.2. The second-order valence-electron chi connectivity index (χ2n) is 17.7. The van der Waals surface area contributed by atoms with Crippen molar-refractivity contribution in [2.24, 2.45) is 0 Å². The molecular weight excluding hydrogens is 828 g/mol. The van der Waals surface area contributed by atoms with Crippen molar-refractivity contribution >= 4 is 19.8 Å². The van der Waals surface area contributed by atoms with Crippen molar-refractivity contribution in [1.82, 2.24) is 0 Å². The number of hydrogen-bond acceptors (Lipinski definition) is 12. The van der Waals surface area contributed by atoms with Gasteiger partial charge in [0.25, 0.3) is 0 Å². The molecule has 0 aromatic carbocycles. The summed E-state index contributed by atoms with van der Waals surface area (Å²) in [5.74, 6) is -1.11. The number of unbranched alkanes of at least 4 members (excludes halogenated alkanes) is 26. The predicted octanol–water partition coefficient (Wildman–Crippen LogP) is 10.4. The Morgan fingerprint density at radius 3 is 1.21 bits per heavy atom. The van der Waals surface area contributed by atoms with E-state index in [4.69, 9.17) is 18.5 Å². The molecule has 0 bridgehead atoms. The number of esters is 2. The number of carbonyl (C=O) groups is 2. The van der Waals surface area contributed by atoms with Gasteiger partial charge in [0.15, 0.2) is 6.10 Å². The van der Waals surface area contributed by atoms with Crippen molar-refractivity contribution in [3.63, 3.8) is 0 Å². The molecule has 0 amide bonds. The molecule has 0 heterocycles. The lowest BCUT2D eigenvalue weighted by Crippen LogP contribution is -2.64. The van der Waals surface area contributed by atoms with Gasteiger partial charge in [-0.05, 0) is 64.2 Å². The molecule has 0 saturated heterocycles. The first-order valence-corrected chi connectivity index (χ1v) is 26.6. The van der Waals surface area contributed by atoms with Crippen LogP contribution in [0.2, 0.25) is 0 Å². The summed E-state index contributed by atoms with van der Waals surface area (Å²) in [7, 11) is -5.12. The summed E-state index contributed by atoms with van der Waals surface area (Å²) in [6.07, 6.45) is 30.8. The standard InChI is InChI=1S/C49H91O13P/c1-3-5-7-9-11-13-15-17-19-21-22-24-26-28-30-32-34-36-38-43(51)61-41(40-60-63(57,58)62-49-47(55)45(53)44(52)46(54)48(49)56)39-59-42(50)37-35-33-31-29-27-25-23-20-18-16-14-12-10-8-6-4-2/h19-21,23,41,44-49,52-56H,3-18,22,24-40H2,1-2H3,(H,57,58)/b21-19-,23-20-. The number of phosphoric acid groups is 1. The summed E-state index contributed by atoms with van der Waals surface area (Å²) in [5, 5.41) is 50.2. The van der Waals surface area contributed by atoms with Gasteiger partial charge in [0.05, 0.1) is 6.61 Å². The lowest BCUT2D eigenvalue weighted by molar-refractivity contribution is -0.220. The Balaban J connectivity index is 2.42. The number of rotatable bonds is 42. The van der Waals surface area contributed by atoms with E-state index in [1.807, 2.05) is 0 Å². The number of aliphatic hydroxyl groups is 5. The van der Waals surface area contributed by atoms with Gasteiger partial charge in [0.1, 0.15) is 43.2 Å². The number of aliphatic hydroxyl groups excluding tert-OH is 5. The maximum absolute atomic E-state index is 12.8. The molecular formula is C49H91O13P. The molecule has 6 N–H and O–H groups in total.